The highest BCUT2D eigenvalue weighted by molar-refractivity contribution is 9.11. The maximum Gasteiger partial charge on any atom is 0.0918 e. The van der Waals surface area contributed by atoms with Crippen LogP contribution in [0, 0.1) is 17.2 Å². The van der Waals surface area contributed by atoms with Crippen LogP contribution >= 0.6 is 27.5 Å². The monoisotopic (exact) mass is 244 g/mol. The Balaban J connectivity index is 2.89. The molecule has 0 amide bonds. The largest absolute Gasteiger partial charge is 0.198 e. The van der Waals surface area contributed by atoms with E-state index < -0.39 is 0 Å². The molecule has 0 fully saturated rings. The van der Waals surface area contributed by atoms with Crippen LogP contribution in [0.15, 0.2) is 9.85 Å². The minimum Gasteiger partial charge on any atom is -0.198 e. The summed E-state index contributed by atoms with van der Waals surface area (Å²) in [5, 5.41) is 8.86. The summed E-state index contributed by atoms with van der Waals surface area (Å²) in [6, 6.07) is 4.17. The quantitative estimate of drug-likeness (QED) is 0.802. The molecule has 1 rings (SSSR count). The molecule has 64 valence electrons. The molecule has 12 heavy (non-hydrogen) atoms. The predicted molar refractivity (Wildman–Crippen MR) is 53.0 cm³/mol. The van der Waals surface area contributed by atoms with Gasteiger partial charge in [0.2, 0.25) is 0 Å². The lowest BCUT2D eigenvalue weighted by atomic mass is 9.94. The van der Waals surface area contributed by atoms with Crippen molar-refractivity contribution in [1.82, 2.24) is 4.37 Å². The lowest BCUT2D eigenvalue weighted by molar-refractivity contribution is 0.579. The zero-order valence-electron chi connectivity index (χ0n) is 6.91. The molecule has 0 aliphatic carbocycles. The summed E-state index contributed by atoms with van der Waals surface area (Å²) in [4.78, 5) is 0. The number of rotatable bonds is 2. The van der Waals surface area contributed by atoms with Crippen LogP contribution in [0.25, 0.3) is 0 Å². The van der Waals surface area contributed by atoms with E-state index in [0.29, 0.717) is 5.92 Å². The minimum absolute atomic E-state index is 0.0763. The molecule has 0 saturated carbocycles. The van der Waals surface area contributed by atoms with Gasteiger partial charge in [-0.1, -0.05) is 13.8 Å². The van der Waals surface area contributed by atoms with Crippen molar-refractivity contribution < 1.29 is 0 Å². The Bertz CT molecular complexity index is 300. The Hall–Kier alpha value is -0.400. The van der Waals surface area contributed by atoms with Crippen LogP contribution in [-0.4, -0.2) is 4.37 Å². The Labute approximate surface area is 84.5 Å². The second kappa shape index (κ2) is 4.01. The summed E-state index contributed by atoms with van der Waals surface area (Å²) in [7, 11) is 0. The molecule has 4 heteroatoms. The summed E-state index contributed by atoms with van der Waals surface area (Å²) >= 11 is 4.71. The van der Waals surface area contributed by atoms with Gasteiger partial charge in [-0.25, -0.2) is 0 Å². The molecule has 0 spiro atoms. The molecule has 1 aromatic rings. The molecule has 0 aromatic carbocycles. The van der Waals surface area contributed by atoms with Crippen LogP contribution in [0.1, 0.15) is 25.5 Å². The van der Waals surface area contributed by atoms with Gasteiger partial charge in [0.25, 0.3) is 0 Å². The minimum atomic E-state index is -0.0763. The van der Waals surface area contributed by atoms with E-state index in [2.05, 4.69) is 26.4 Å². The number of hydrogen-bond acceptors (Lipinski definition) is 3. The van der Waals surface area contributed by atoms with Crippen molar-refractivity contribution in [3.63, 3.8) is 0 Å². The number of halogens is 1. The topological polar surface area (TPSA) is 36.7 Å². The standard InChI is InChI=1S/C8H9BrN2S/c1-5(2)6(4-10)7-3-8(9)12-11-7/h3,5-6H,1-2H3. The molecule has 1 unspecified atom stereocenters. The van der Waals surface area contributed by atoms with Crippen molar-refractivity contribution in [1.29, 1.82) is 5.26 Å². The molecular weight excluding hydrogens is 236 g/mol. The summed E-state index contributed by atoms with van der Waals surface area (Å²) in [5.74, 6) is 0.247. The summed E-state index contributed by atoms with van der Waals surface area (Å²) in [6.07, 6.45) is 0. The highest BCUT2D eigenvalue weighted by atomic mass is 79.9. The fourth-order valence-electron chi connectivity index (χ4n) is 0.969. The SMILES string of the molecule is CC(C)C(C#N)c1cc(Br)sn1. The van der Waals surface area contributed by atoms with Gasteiger partial charge >= 0.3 is 0 Å². The van der Waals surface area contributed by atoms with Crippen molar-refractivity contribution in [2.45, 2.75) is 19.8 Å². The Morgan fingerprint density at radius 1 is 1.67 bits per heavy atom. The maximum atomic E-state index is 8.86. The molecule has 1 atom stereocenters. The van der Waals surface area contributed by atoms with Crippen LogP contribution < -0.4 is 0 Å². The van der Waals surface area contributed by atoms with E-state index >= 15 is 0 Å². The maximum absolute atomic E-state index is 8.86. The zero-order valence-corrected chi connectivity index (χ0v) is 9.32. The van der Waals surface area contributed by atoms with E-state index in [-0.39, 0.29) is 5.92 Å². The lowest BCUT2D eigenvalue weighted by Gasteiger charge is -2.08. The second-order valence-electron chi connectivity index (χ2n) is 2.91. The third-order valence-electron chi connectivity index (χ3n) is 1.62. The van der Waals surface area contributed by atoms with Crippen molar-refractivity contribution in [2.75, 3.05) is 0 Å². The van der Waals surface area contributed by atoms with Gasteiger partial charge in [-0.05, 0) is 39.4 Å². The van der Waals surface area contributed by atoms with Crippen molar-refractivity contribution >= 4 is 27.5 Å². The first-order chi connectivity index (χ1) is 5.65. The number of aromatic nitrogens is 1. The smallest absolute Gasteiger partial charge is 0.0918 e. The summed E-state index contributed by atoms with van der Waals surface area (Å²) in [6.45, 7) is 4.06. The molecule has 0 saturated heterocycles. The van der Waals surface area contributed by atoms with Gasteiger partial charge in [-0.3, -0.25) is 0 Å². The number of nitriles is 1. The predicted octanol–water partition coefficient (Wildman–Crippen LogP) is 3.17. The Kier molecular flexibility index (Phi) is 3.24. The van der Waals surface area contributed by atoms with Crippen molar-refractivity contribution in [2.24, 2.45) is 5.92 Å². The number of hydrogen-bond donors (Lipinski definition) is 0. The molecule has 1 aromatic heterocycles. The summed E-state index contributed by atoms with van der Waals surface area (Å²) < 4.78 is 5.17. The van der Waals surface area contributed by atoms with Gasteiger partial charge in [-0.15, -0.1) is 0 Å². The van der Waals surface area contributed by atoms with Crippen LogP contribution in [0.4, 0.5) is 0 Å². The Morgan fingerprint density at radius 2 is 2.33 bits per heavy atom. The molecule has 0 aliphatic rings. The van der Waals surface area contributed by atoms with E-state index in [9.17, 15) is 0 Å². The van der Waals surface area contributed by atoms with Crippen LogP contribution in [0.2, 0.25) is 0 Å². The molecule has 2 nitrogen and oxygen atoms in total. The zero-order chi connectivity index (χ0) is 9.14. The first kappa shape index (κ1) is 9.69. The first-order valence-corrected chi connectivity index (χ1v) is 5.23. The fraction of sp³-hybridized carbons (Fsp3) is 0.500. The normalized spacial score (nSPS) is 12.9. The van der Waals surface area contributed by atoms with Crippen molar-refractivity contribution in [3.8, 4) is 6.07 Å². The molecular formula is C8H9BrN2S. The molecule has 0 radical (unpaired) electrons. The third kappa shape index (κ3) is 2.05. The van der Waals surface area contributed by atoms with Crippen LogP contribution in [0.3, 0.4) is 0 Å². The summed E-state index contributed by atoms with van der Waals surface area (Å²) in [5.41, 5.74) is 0.879. The number of nitrogens with zero attached hydrogens (tertiary/aromatic N) is 2. The van der Waals surface area contributed by atoms with Crippen molar-refractivity contribution in [3.05, 3.63) is 15.5 Å². The fourth-order valence-corrected chi connectivity index (χ4v) is 1.95. The molecule has 0 aliphatic heterocycles. The first-order valence-electron chi connectivity index (χ1n) is 3.67. The van der Waals surface area contributed by atoms with E-state index in [1.165, 1.54) is 11.5 Å². The van der Waals surface area contributed by atoms with Crippen LogP contribution in [0.5, 0.6) is 0 Å². The van der Waals surface area contributed by atoms with E-state index in [4.69, 9.17) is 5.26 Å². The Morgan fingerprint density at radius 3 is 2.67 bits per heavy atom. The van der Waals surface area contributed by atoms with E-state index in [1.54, 1.807) is 0 Å². The van der Waals surface area contributed by atoms with E-state index in [0.717, 1.165) is 9.48 Å². The van der Waals surface area contributed by atoms with Gasteiger partial charge in [-0.2, -0.15) is 9.64 Å². The van der Waals surface area contributed by atoms with Crippen LogP contribution in [-0.2, 0) is 0 Å². The average Bonchev–Trinajstić information content (AvgIpc) is 2.37. The van der Waals surface area contributed by atoms with Gasteiger partial charge in [0.05, 0.1) is 21.5 Å². The molecule has 1 heterocycles. The third-order valence-corrected chi connectivity index (χ3v) is 2.88. The van der Waals surface area contributed by atoms with Gasteiger partial charge in [0, 0.05) is 0 Å². The average molecular weight is 245 g/mol. The van der Waals surface area contributed by atoms with E-state index in [1.807, 2.05) is 19.9 Å². The second-order valence-corrected chi connectivity index (χ2v) is 5.09. The highest BCUT2D eigenvalue weighted by Gasteiger charge is 2.17. The molecule has 0 N–H and O–H groups in total. The van der Waals surface area contributed by atoms with Gasteiger partial charge < -0.3 is 0 Å². The van der Waals surface area contributed by atoms with Gasteiger partial charge in [0.1, 0.15) is 0 Å². The highest BCUT2D eigenvalue weighted by Crippen LogP contribution is 2.27. The molecule has 0 bridgehead atoms. The lowest BCUT2D eigenvalue weighted by Crippen LogP contribution is -2.03. The van der Waals surface area contributed by atoms with Gasteiger partial charge in [0.15, 0.2) is 0 Å².